The SMILES string of the molecule is CNC(=O)c1cccc(NCCNC(=O)OC(C)(C)C)c1C. The van der Waals surface area contributed by atoms with Crippen LogP contribution < -0.4 is 16.0 Å². The van der Waals surface area contributed by atoms with Gasteiger partial charge in [-0.25, -0.2) is 4.79 Å². The molecule has 0 radical (unpaired) electrons. The molecule has 0 saturated heterocycles. The summed E-state index contributed by atoms with van der Waals surface area (Å²) in [4.78, 5) is 23.2. The lowest BCUT2D eigenvalue weighted by atomic mass is 10.1. The van der Waals surface area contributed by atoms with Gasteiger partial charge in [0.15, 0.2) is 0 Å². The lowest BCUT2D eigenvalue weighted by Crippen LogP contribution is -2.35. The molecule has 0 heterocycles. The third-order valence-corrected chi connectivity index (χ3v) is 2.91. The Labute approximate surface area is 131 Å². The van der Waals surface area contributed by atoms with Crippen molar-refractivity contribution in [1.29, 1.82) is 0 Å². The van der Waals surface area contributed by atoms with Gasteiger partial charge in [0.05, 0.1) is 0 Å². The minimum atomic E-state index is -0.504. The van der Waals surface area contributed by atoms with Gasteiger partial charge in [-0.3, -0.25) is 4.79 Å². The quantitative estimate of drug-likeness (QED) is 0.729. The van der Waals surface area contributed by atoms with Crippen molar-refractivity contribution < 1.29 is 14.3 Å². The van der Waals surface area contributed by atoms with Crippen LogP contribution >= 0.6 is 0 Å². The molecule has 0 atom stereocenters. The summed E-state index contributed by atoms with van der Waals surface area (Å²) >= 11 is 0. The van der Waals surface area contributed by atoms with Crippen molar-refractivity contribution in [2.45, 2.75) is 33.3 Å². The summed E-state index contributed by atoms with van der Waals surface area (Å²) in [6.07, 6.45) is -0.440. The Hall–Kier alpha value is -2.24. The molecular weight excluding hydrogens is 282 g/mol. The predicted octanol–water partition coefficient (Wildman–Crippen LogP) is 2.29. The van der Waals surface area contributed by atoms with Gasteiger partial charge in [0.1, 0.15) is 5.60 Å². The number of hydrogen-bond donors (Lipinski definition) is 3. The molecule has 1 aromatic carbocycles. The number of nitrogens with one attached hydrogen (secondary N) is 3. The van der Waals surface area contributed by atoms with E-state index in [0.717, 1.165) is 11.3 Å². The highest BCUT2D eigenvalue weighted by molar-refractivity contribution is 5.96. The topological polar surface area (TPSA) is 79.5 Å². The van der Waals surface area contributed by atoms with Crippen molar-refractivity contribution in [2.75, 3.05) is 25.5 Å². The molecule has 122 valence electrons. The summed E-state index contributed by atoms with van der Waals surface area (Å²) in [5, 5.41) is 8.49. The van der Waals surface area contributed by atoms with Gasteiger partial charge in [0.25, 0.3) is 5.91 Å². The highest BCUT2D eigenvalue weighted by Gasteiger charge is 2.15. The fourth-order valence-electron chi connectivity index (χ4n) is 1.88. The number of benzene rings is 1. The van der Waals surface area contributed by atoms with Crippen molar-refractivity contribution in [3.05, 3.63) is 29.3 Å². The minimum absolute atomic E-state index is 0.118. The van der Waals surface area contributed by atoms with E-state index < -0.39 is 11.7 Å². The van der Waals surface area contributed by atoms with E-state index in [9.17, 15) is 9.59 Å². The second-order valence-electron chi connectivity index (χ2n) is 5.91. The van der Waals surface area contributed by atoms with Gasteiger partial charge in [-0.15, -0.1) is 0 Å². The van der Waals surface area contributed by atoms with Crippen molar-refractivity contribution in [3.8, 4) is 0 Å². The number of ether oxygens (including phenoxy) is 1. The zero-order valence-electron chi connectivity index (χ0n) is 13.9. The normalized spacial score (nSPS) is 10.8. The number of carbonyl (C=O) groups excluding carboxylic acids is 2. The van der Waals surface area contributed by atoms with Crippen LogP contribution in [-0.2, 0) is 4.74 Å². The second kappa shape index (κ2) is 7.68. The third kappa shape index (κ3) is 5.63. The third-order valence-electron chi connectivity index (χ3n) is 2.91. The van der Waals surface area contributed by atoms with Gasteiger partial charge in [0.2, 0.25) is 0 Å². The molecule has 1 rings (SSSR count). The summed E-state index contributed by atoms with van der Waals surface area (Å²) in [5.41, 5.74) is 1.87. The molecule has 6 nitrogen and oxygen atoms in total. The fourth-order valence-corrected chi connectivity index (χ4v) is 1.88. The number of anilines is 1. The maximum atomic E-state index is 11.7. The maximum Gasteiger partial charge on any atom is 0.407 e. The second-order valence-corrected chi connectivity index (χ2v) is 5.91. The van der Waals surface area contributed by atoms with E-state index in [1.165, 1.54) is 0 Å². The smallest absolute Gasteiger partial charge is 0.407 e. The molecule has 0 bridgehead atoms. The van der Waals surface area contributed by atoms with Crippen LogP contribution in [0.15, 0.2) is 18.2 Å². The van der Waals surface area contributed by atoms with Crippen LogP contribution in [0.2, 0.25) is 0 Å². The largest absolute Gasteiger partial charge is 0.444 e. The molecule has 0 aliphatic heterocycles. The highest BCUT2D eigenvalue weighted by Crippen LogP contribution is 2.18. The molecule has 0 fully saturated rings. The molecule has 0 spiro atoms. The lowest BCUT2D eigenvalue weighted by molar-refractivity contribution is 0.0530. The van der Waals surface area contributed by atoms with Crippen LogP contribution in [0, 0.1) is 6.92 Å². The minimum Gasteiger partial charge on any atom is -0.444 e. The Morgan fingerprint density at radius 3 is 2.45 bits per heavy atom. The first-order valence-electron chi connectivity index (χ1n) is 7.27. The number of carbonyl (C=O) groups is 2. The fraction of sp³-hybridized carbons (Fsp3) is 0.500. The molecule has 22 heavy (non-hydrogen) atoms. The van der Waals surface area contributed by atoms with Gasteiger partial charge in [-0.2, -0.15) is 0 Å². The van der Waals surface area contributed by atoms with Gasteiger partial charge < -0.3 is 20.7 Å². The molecular formula is C16H25N3O3. The average Bonchev–Trinajstić information content (AvgIpc) is 2.42. The summed E-state index contributed by atoms with van der Waals surface area (Å²) in [5.74, 6) is -0.118. The van der Waals surface area contributed by atoms with Crippen LogP contribution in [0.1, 0.15) is 36.7 Å². The van der Waals surface area contributed by atoms with Crippen molar-refractivity contribution in [3.63, 3.8) is 0 Å². The van der Waals surface area contributed by atoms with Crippen molar-refractivity contribution >= 4 is 17.7 Å². The van der Waals surface area contributed by atoms with Crippen molar-refractivity contribution in [2.24, 2.45) is 0 Å². The molecule has 0 unspecified atom stereocenters. The first-order chi connectivity index (χ1) is 10.2. The van der Waals surface area contributed by atoms with E-state index in [4.69, 9.17) is 4.74 Å². The number of amides is 2. The predicted molar refractivity (Wildman–Crippen MR) is 87.3 cm³/mol. The summed E-state index contributed by atoms with van der Waals surface area (Å²) in [7, 11) is 1.60. The first-order valence-corrected chi connectivity index (χ1v) is 7.27. The van der Waals surface area contributed by atoms with Gasteiger partial charge in [0, 0.05) is 31.4 Å². The zero-order valence-corrected chi connectivity index (χ0v) is 13.9. The van der Waals surface area contributed by atoms with Gasteiger partial charge in [-0.05, 0) is 45.4 Å². The first kappa shape index (κ1) is 17.8. The Balaban J connectivity index is 2.49. The molecule has 2 amide bonds. The number of alkyl carbamates (subject to hydrolysis) is 1. The Kier molecular flexibility index (Phi) is 6.22. The zero-order chi connectivity index (χ0) is 16.8. The number of hydrogen-bond acceptors (Lipinski definition) is 4. The highest BCUT2D eigenvalue weighted by atomic mass is 16.6. The Morgan fingerprint density at radius 1 is 1.18 bits per heavy atom. The summed E-state index contributed by atoms with van der Waals surface area (Å²) in [6, 6.07) is 5.49. The average molecular weight is 307 g/mol. The van der Waals surface area contributed by atoms with Crippen LogP contribution in [0.3, 0.4) is 0 Å². The van der Waals surface area contributed by atoms with Gasteiger partial charge >= 0.3 is 6.09 Å². The number of rotatable bonds is 5. The molecule has 3 N–H and O–H groups in total. The monoisotopic (exact) mass is 307 g/mol. The Bertz CT molecular complexity index is 536. The molecule has 0 aliphatic carbocycles. The van der Waals surface area contributed by atoms with Crippen LogP contribution in [0.4, 0.5) is 10.5 Å². The summed E-state index contributed by atoms with van der Waals surface area (Å²) < 4.78 is 5.15. The molecule has 6 heteroatoms. The molecule has 1 aromatic rings. The molecule has 0 saturated carbocycles. The van der Waals surface area contributed by atoms with Crippen LogP contribution in [0.25, 0.3) is 0 Å². The van der Waals surface area contributed by atoms with E-state index in [1.807, 2.05) is 39.8 Å². The lowest BCUT2D eigenvalue weighted by Gasteiger charge is -2.20. The molecule has 0 aromatic heterocycles. The molecule has 0 aliphatic rings. The standard InChI is InChI=1S/C16H25N3O3/c1-11-12(14(20)17-5)7-6-8-13(11)18-9-10-19-15(21)22-16(2,3)4/h6-8,18H,9-10H2,1-5H3,(H,17,20)(H,19,21). The van der Waals surface area contributed by atoms with Crippen LogP contribution in [-0.4, -0.2) is 37.7 Å². The van der Waals surface area contributed by atoms with Crippen molar-refractivity contribution in [1.82, 2.24) is 10.6 Å². The van der Waals surface area contributed by atoms with E-state index in [2.05, 4.69) is 16.0 Å². The van der Waals surface area contributed by atoms with E-state index >= 15 is 0 Å². The Morgan fingerprint density at radius 2 is 1.86 bits per heavy atom. The van der Waals surface area contributed by atoms with Crippen LogP contribution in [0.5, 0.6) is 0 Å². The van der Waals surface area contributed by atoms with E-state index in [1.54, 1.807) is 13.1 Å². The summed E-state index contributed by atoms with van der Waals surface area (Å²) in [6.45, 7) is 8.30. The van der Waals surface area contributed by atoms with E-state index in [0.29, 0.717) is 18.7 Å². The maximum absolute atomic E-state index is 11.7. The van der Waals surface area contributed by atoms with Gasteiger partial charge in [-0.1, -0.05) is 6.07 Å². The van der Waals surface area contributed by atoms with E-state index in [-0.39, 0.29) is 5.91 Å².